The number of Topliss-reactive ketones (excluding diaryl/α,β-unsaturated/α-hetero) is 1. The zero-order valence-corrected chi connectivity index (χ0v) is 10.9. The van der Waals surface area contributed by atoms with E-state index in [4.69, 9.17) is 1.37 Å². The van der Waals surface area contributed by atoms with Crippen LogP contribution in [0.15, 0.2) is 0 Å². The summed E-state index contributed by atoms with van der Waals surface area (Å²) in [6.07, 6.45) is 1.38. The van der Waals surface area contributed by atoms with Crippen molar-refractivity contribution in [2.45, 2.75) is 26.7 Å². The average Bonchev–Trinajstić information content (AvgIpc) is 2.01. The van der Waals surface area contributed by atoms with E-state index >= 15 is 0 Å². The minimum Gasteiger partial charge on any atom is -0.475 e. The average molecular weight is 342 g/mol. The first-order valence-corrected chi connectivity index (χ1v) is 3.70. The van der Waals surface area contributed by atoms with Crippen molar-refractivity contribution in [2.24, 2.45) is 5.92 Å². The van der Waals surface area contributed by atoms with Crippen LogP contribution in [0.1, 0.15) is 28.0 Å². The fourth-order valence-electron chi connectivity index (χ4n) is 0.466. The van der Waals surface area contributed by atoms with Crippen LogP contribution >= 0.6 is 0 Å². The van der Waals surface area contributed by atoms with E-state index in [1.807, 2.05) is 6.92 Å². The molecule has 0 rings (SSSR count). The second-order valence-corrected chi connectivity index (χ2v) is 2.37. The Balaban J connectivity index is -0.000000220. The third kappa shape index (κ3) is 22.5. The zero-order valence-electron chi connectivity index (χ0n) is 8.93. The van der Waals surface area contributed by atoms with Crippen LogP contribution in [0, 0.1) is 19.9 Å². The first-order valence-electron chi connectivity index (χ1n) is 4.40. The van der Waals surface area contributed by atoms with Gasteiger partial charge in [-0.05, 0) is 25.2 Å². The van der Waals surface area contributed by atoms with E-state index in [1.165, 1.54) is 0 Å². The van der Waals surface area contributed by atoms with Gasteiger partial charge in [0.1, 0.15) is 0 Å². The molecule has 1 unspecified atom stereocenters. The maximum atomic E-state index is 10.4. The maximum absolute atomic E-state index is 10.4. The normalized spacial score (nSPS) is 11.4. The molecule has 1 atom stereocenters. The van der Waals surface area contributed by atoms with E-state index in [0.29, 0.717) is 13.3 Å². The van der Waals surface area contributed by atoms with Crippen LogP contribution in [0.2, 0.25) is 0 Å². The van der Waals surface area contributed by atoms with Gasteiger partial charge in [-0.25, -0.2) is 0 Å². The fourth-order valence-corrected chi connectivity index (χ4v) is 0.466. The monoisotopic (exact) mass is 342 g/mol. The van der Waals surface area contributed by atoms with Gasteiger partial charge in [0.15, 0.2) is 0 Å². The second-order valence-electron chi connectivity index (χ2n) is 2.37. The summed E-state index contributed by atoms with van der Waals surface area (Å²) in [7, 11) is 5.00. The Hall–Kier alpha value is 0.188. The quantitative estimate of drug-likeness (QED) is 0.793. The van der Waals surface area contributed by atoms with Gasteiger partial charge in [0.2, 0.25) is 0 Å². The Morgan fingerprint density at radius 3 is 2.25 bits per heavy atom. The van der Waals surface area contributed by atoms with E-state index in [9.17, 15) is 4.79 Å². The van der Waals surface area contributed by atoms with Crippen molar-refractivity contribution in [3.8, 4) is 0 Å². The second kappa shape index (κ2) is 13.8. The first-order chi connectivity index (χ1) is 5.62. The van der Waals surface area contributed by atoms with E-state index < -0.39 is 0 Å². The first kappa shape index (κ1) is 14.7. The van der Waals surface area contributed by atoms with Gasteiger partial charge in [-0.1, -0.05) is 20.2 Å². The van der Waals surface area contributed by atoms with Crippen molar-refractivity contribution in [3.63, 3.8) is 0 Å². The van der Waals surface area contributed by atoms with Crippen molar-refractivity contribution < 1.29 is 27.2 Å². The third-order valence-corrected chi connectivity index (χ3v) is 1.09. The van der Waals surface area contributed by atoms with Gasteiger partial charge in [0, 0.05) is 1.37 Å². The van der Waals surface area contributed by atoms with E-state index in [2.05, 4.69) is 19.3 Å². The number of hydrogen-bond acceptors (Lipinski definition) is 2. The van der Waals surface area contributed by atoms with Crippen molar-refractivity contribution in [3.05, 3.63) is 14.0 Å². The molecule has 0 saturated carbocycles. The molecule has 2 nitrogen and oxygen atoms in total. The number of carbonyl (C=O) groups is 1. The van der Waals surface area contributed by atoms with Crippen LogP contribution in [-0.2, 0) is 25.9 Å². The molecule has 0 aliphatic rings. The summed E-state index contributed by atoms with van der Waals surface area (Å²) in [6.45, 7) is 5.59. The molecule has 0 aliphatic heterocycles. The van der Waals surface area contributed by atoms with Crippen molar-refractivity contribution in [2.75, 3.05) is 7.05 Å². The molecule has 0 spiro atoms. The van der Waals surface area contributed by atoms with Crippen LogP contribution < -0.4 is 5.32 Å². The Morgan fingerprint density at radius 1 is 1.75 bits per heavy atom. The van der Waals surface area contributed by atoms with Crippen LogP contribution in [0.5, 0.6) is 0 Å². The van der Waals surface area contributed by atoms with Crippen LogP contribution in [0.25, 0.3) is 0 Å². The van der Waals surface area contributed by atoms with E-state index in [0.717, 1.165) is 6.42 Å². The summed E-state index contributed by atoms with van der Waals surface area (Å²) in [4.78, 5) is 10.4. The molecule has 0 aromatic carbocycles. The molecule has 0 aromatic heterocycles. The summed E-state index contributed by atoms with van der Waals surface area (Å²) in [6, 6.07) is 0. The van der Waals surface area contributed by atoms with Crippen molar-refractivity contribution in [1.29, 1.82) is 0 Å². The minimum absolute atomic E-state index is 0. The number of rotatable bonds is 3. The van der Waals surface area contributed by atoms with Gasteiger partial charge < -0.3 is 17.0 Å². The molecule has 0 aromatic rings. The Kier molecular flexibility index (Phi) is 16.8. The number of hydrogen-bond donors (Lipinski definition) is 1. The molecule has 3 heteroatoms. The molecule has 0 fully saturated rings. The molecule has 0 amide bonds. The maximum Gasteiger partial charge on any atom is 2.00 e. The van der Waals surface area contributed by atoms with Crippen LogP contribution in [-0.4, -0.2) is 12.8 Å². The summed E-state index contributed by atoms with van der Waals surface area (Å²) in [5.41, 5.74) is 0. The minimum atomic E-state index is -0.0471. The molecule has 1 N–H and O–H groups in total. The fraction of sp³-hybridized carbons (Fsp3) is 0.667. The van der Waals surface area contributed by atoms with Gasteiger partial charge in [0.05, 0.1) is 0 Å². The molecule has 0 bridgehead atoms. The van der Waals surface area contributed by atoms with Gasteiger partial charge in [0.25, 0.3) is 0 Å². The topological polar surface area (TPSA) is 29.1 Å². The summed E-state index contributed by atoms with van der Waals surface area (Å²) in [5.74, 6) is 0.184. The largest absolute Gasteiger partial charge is 2.00 e. The van der Waals surface area contributed by atoms with E-state index in [-0.39, 0.29) is 32.8 Å². The van der Waals surface area contributed by atoms with E-state index in [1.54, 1.807) is 7.05 Å². The molecule has 12 heavy (non-hydrogen) atoms. The van der Waals surface area contributed by atoms with Gasteiger partial charge in [-0.15, -0.1) is 0 Å². The van der Waals surface area contributed by atoms with Gasteiger partial charge in [-0.2, -0.15) is 0 Å². The number of ketones is 1. The Bertz CT molecular complexity index is 108. The summed E-state index contributed by atoms with van der Waals surface area (Å²) in [5, 5.41) is 2.50. The molecule has 0 saturated heterocycles. The predicted octanol–water partition coefficient (Wildman–Crippen LogP) is 1.82. The molecule has 72 valence electrons. The van der Waals surface area contributed by atoms with Gasteiger partial charge in [-0.3, -0.25) is 7.05 Å². The van der Waals surface area contributed by atoms with Crippen molar-refractivity contribution in [1.82, 2.24) is 5.32 Å². The summed E-state index contributed by atoms with van der Waals surface area (Å²) < 4.78 is 6.97. The van der Waals surface area contributed by atoms with Crippen LogP contribution in [0.3, 0.4) is 0 Å². The van der Waals surface area contributed by atoms with Crippen LogP contribution in [0.4, 0.5) is 0 Å². The third-order valence-electron chi connectivity index (χ3n) is 1.09. The Labute approximate surface area is 92.2 Å². The Morgan fingerprint density at radius 2 is 2.17 bits per heavy atom. The number of nitrogens with one attached hydrogen (secondary N) is 1. The smallest absolute Gasteiger partial charge is 0.475 e. The SMILES string of the molecule is [2H]CC(CC)CC([CH2-])=O.[CH2-]NC.[W+2]. The zero-order chi connectivity index (χ0) is 9.98. The van der Waals surface area contributed by atoms with Gasteiger partial charge >= 0.3 is 21.1 Å². The molecule has 0 radical (unpaired) electrons. The van der Waals surface area contributed by atoms with Crippen molar-refractivity contribution >= 4 is 5.78 Å². The molecular formula is C9H19NOW. The molecular weight excluding hydrogens is 322 g/mol. The number of carbonyl (C=O) groups excluding carboxylic acids is 1. The summed E-state index contributed by atoms with van der Waals surface area (Å²) >= 11 is 0. The standard InChI is InChI=1S/C7H13O.C2H6N.W/c1-4-6(2)5-7(3)8;1-3-2;/h6H,3-5H2,1-2H3;3H,1H2,2H3;/q2*-1;+2/i2D;;. The molecule has 0 aliphatic carbocycles. The predicted molar refractivity (Wildman–Crippen MR) is 48.9 cm³/mol. The molecule has 0 heterocycles.